The molecule has 0 aliphatic carbocycles. The number of aromatic carboxylic acids is 1. The zero-order chi connectivity index (χ0) is 15.2. The molecule has 2 aromatic rings. The van der Waals surface area contributed by atoms with Gasteiger partial charge in [-0.15, -0.1) is 16.9 Å². The lowest BCUT2D eigenvalue weighted by atomic mass is 10.2. The number of carbonyl (C=O) groups is 1. The first-order chi connectivity index (χ1) is 10.1. The molecule has 0 saturated heterocycles. The molecule has 2 rings (SSSR count). The predicted octanol–water partition coefficient (Wildman–Crippen LogP) is 2.60. The Kier molecular flexibility index (Phi) is 5.26. The lowest BCUT2D eigenvalue weighted by molar-refractivity contribution is 0.0696. The molecule has 1 aromatic carbocycles. The van der Waals surface area contributed by atoms with Gasteiger partial charge in [0.15, 0.2) is 5.82 Å². The molecule has 1 N–H and O–H groups in total. The number of nitrogens with zero attached hydrogens (tertiary/aromatic N) is 4. The van der Waals surface area contributed by atoms with Crippen molar-refractivity contribution in [3.8, 4) is 0 Å². The van der Waals surface area contributed by atoms with E-state index in [1.807, 2.05) is 0 Å². The van der Waals surface area contributed by atoms with Crippen molar-refractivity contribution in [3.05, 3.63) is 35.4 Å². The fourth-order valence-electron chi connectivity index (χ4n) is 1.70. The number of rotatable bonds is 7. The number of benzene rings is 1. The predicted molar refractivity (Wildman–Crippen MR) is 75.6 cm³/mol. The molecule has 1 heterocycles. The summed E-state index contributed by atoms with van der Waals surface area (Å²) >= 11 is 1.18. The first-order valence-corrected chi connectivity index (χ1v) is 7.51. The highest BCUT2D eigenvalue weighted by Gasteiger charge is 2.11. The van der Waals surface area contributed by atoms with E-state index in [-0.39, 0.29) is 10.5 Å². The summed E-state index contributed by atoms with van der Waals surface area (Å²) in [5.41, 5.74) is 0.0597. The minimum atomic E-state index is -1.08. The van der Waals surface area contributed by atoms with Crippen LogP contribution in [0.5, 0.6) is 0 Å². The van der Waals surface area contributed by atoms with Crippen molar-refractivity contribution in [2.24, 2.45) is 0 Å². The summed E-state index contributed by atoms with van der Waals surface area (Å²) in [7, 11) is 0. The van der Waals surface area contributed by atoms with Crippen LogP contribution in [-0.2, 0) is 12.3 Å². The van der Waals surface area contributed by atoms with E-state index in [0.717, 1.165) is 25.5 Å². The first kappa shape index (κ1) is 15.4. The van der Waals surface area contributed by atoms with Gasteiger partial charge in [0, 0.05) is 11.4 Å². The van der Waals surface area contributed by atoms with E-state index in [0.29, 0.717) is 11.6 Å². The summed E-state index contributed by atoms with van der Waals surface area (Å²) in [6.07, 6.45) is 1.99. The fraction of sp³-hybridized carbons (Fsp3) is 0.385. The molecule has 0 atom stereocenters. The van der Waals surface area contributed by atoms with E-state index in [1.165, 1.54) is 23.9 Å². The molecular formula is C13H15FN4O2S. The second-order valence-corrected chi connectivity index (χ2v) is 5.43. The number of halogens is 1. The first-order valence-electron chi connectivity index (χ1n) is 6.52. The van der Waals surface area contributed by atoms with Gasteiger partial charge in [-0.25, -0.2) is 13.9 Å². The molecule has 8 heteroatoms. The van der Waals surface area contributed by atoms with Gasteiger partial charge in [0.25, 0.3) is 0 Å². The van der Waals surface area contributed by atoms with Crippen molar-refractivity contribution < 1.29 is 14.3 Å². The average Bonchev–Trinajstić information content (AvgIpc) is 2.91. The zero-order valence-electron chi connectivity index (χ0n) is 11.5. The highest BCUT2D eigenvalue weighted by molar-refractivity contribution is 7.98. The number of carboxylic acids is 1. The van der Waals surface area contributed by atoms with E-state index >= 15 is 0 Å². The van der Waals surface area contributed by atoms with Gasteiger partial charge in [-0.3, -0.25) is 0 Å². The lowest BCUT2D eigenvalue weighted by Gasteiger charge is -2.05. The van der Waals surface area contributed by atoms with Gasteiger partial charge < -0.3 is 5.11 Å². The van der Waals surface area contributed by atoms with E-state index in [1.54, 1.807) is 4.68 Å². The molecule has 112 valence electrons. The van der Waals surface area contributed by atoms with Crippen molar-refractivity contribution in [1.29, 1.82) is 0 Å². The summed E-state index contributed by atoms with van der Waals surface area (Å²) in [5, 5.41) is 20.3. The van der Waals surface area contributed by atoms with Gasteiger partial charge in [-0.1, -0.05) is 13.3 Å². The SMILES string of the molecule is CCCCn1nnnc1CSc1cc(C(=O)O)ccc1F. The fourth-order valence-corrected chi connectivity index (χ4v) is 2.61. The van der Waals surface area contributed by atoms with Crippen LogP contribution < -0.4 is 0 Å². The molecule has 21 heavy (non-hydrogen) atoms. The number of unbranched alkanes of at least 4 members (excludes halogenated alkanes) is 1. The van der Waals surface area contributed by atoms with Crippen molar-refractivity contribution in [3.63, 3.8) is 0 Å². The van der Waals surface area contributed by atoms with Crippen LogP contribution in [-0.4, -0.2) is 31.3 Å². The number of carboxylic acid groups (broad SMARTS) is 1. The van der Waals surface area contributed by atoms with Gasteiger partial charge in [-0.2, -0.15) is 0 Å². The summed E-state index contributed by atoms with van der Waals surface area (Å²) in [5.74, 6) is -0.493. The Labute approximate surface area is 125 Å². The normalized spacial score (nSPS) is 10.8. The van der Waals surface area contributed by atoms with Crippen molar-refractivity contribution in [1.82, 2.24) is 20.2 Å². The monoisotopic (exact) mass is 310 g/mol. The number of aryl methyl sites for hydroxylation is 1. The van der Waals surface area contributed by atoms with E-state index in [9.17, 15) is 9.18 Å². The number of tetrazole rings is 1. The Morgan fingerprint density at radius 2 is 2.29 bits per heavy atom. The summed E-state index contributed by atoms with van der Waals surface area (Å²) in [6, 6.07) is 3.72. The maximum absolute atomic E-state index is 13.7. The average molecular weight is 310 g/mol. The van der Waals surface area contributed by atoms with Crippen LogP contribution in [0.15, 0.2) is 23.1 Å². The van der Waals surface area contributed by atoms with Crippen molar-refractivity contribution in [2.75, 3.05) is 0 Å². The summed E-state index contributed by atoms with van der Waals surface area (Å²) in [6.45, 7) is 2.79. The Morgan fingerprint density at radius 3 is 3.00 bits per heavy atom. The largest absolute Gasteiger partial charge is 0.478 e. The summed E-state index contributed by atoms with van der Waals surface area (Å²) < 4.78 is 15.4. The zero-order valence-corrected chi connectivity index (χ0v) is 12.3. The van der Waals surface area contributed by atoms with Crippen LogP contribution in [0.2, 0.25) is 0 Å². The molecule has 6 nitrogen and oxygen atoms in total. The van der Waals surface area contributed by atoms with Crippen LogP contribution in [0, 0.1) is 5.82 Å². The van der Waals surface area contributed by atoms with Crippen LogP contribution in [0.25, 0.3) is 0 Å². The van der Waals surface area contributed by atoms with Crippen LogP contribution in [0.3, 0.4) is 0 Å². The number of hydrogen-bond donors (Lipinski definition) is 1. The molecule has 0 bridgehead atoms. The van der Waals surface area contributed by atoms with Gasteiger partial charge in [0.2, 0.25) is 0 Å². The lowest BCUT2D eigenvalue weighted by Crippen LogP contribution is -2.05. The Balaban J connectivity index is 2.08. The molecule has 0 radical (unpaired) electrons. The highest BCUT2D eigenvalue weighted by Crippen LogP contribution is 2.26. The number of thioether (sulfide) groups is 1. The maximum atomic E-state index is 13.7. The standard InChI is InChI=1S/C13H15FN4O2S/c1-2-3-6-18-12(15-16-17-18)8-21-11-7-9(13(19)20)4-5-10(11)14/h4-5,7H,2-3,6,8H2,1H3,(H,19,20). The highest BCUT2D eigenvalue weighted by atomic mass is 32.2. The molecule has 0 saturated carbocycles. The molecule has 0 aliphatic rings. The van der Waals surface area contributed by atoms with Crippen LogP contribution >= 0.6 is 11.8 Å². The summed E-state index contributed by atoms with van der Waals surface area (Å²) in [4.78, 5) is 11.2. The minimum absolute atomic E-state index is 0.0597. The van der Waals surface area contributed by atoms with Gasteiger partial charge in [0.1, 0.15) is 5.82 Å². The third kappa shape index (κ3) is 4.01. The molecule has 0 fully saturated rings. The molecule has 0 amide bonds. The van der Waals surface area contributed by atoms with Crippen molar-refractivity contribution >= 4 is 17.7 Å². The third-order valence-electron chi connectivity index (χ3n) is 2.86. The maximum Gasteiger partial charge on any atom is 0.335 e. The Bertz CT molecular complexity index is 632. The van der Waals surface area contributed by atoms with Crippen LogP contribution in [0.4, 0.5) is 4.39 Å². The number of aromatic nitrogens is 4. The molecule has 0 aliphatic heterocycles. The second kappa shape index (κ2) is 7.16. The molecule has 1 aromatic heterocycles. The van der Waals surface area contributed by atoms with Gasteiger partial charge in [-0.05, 0) is 35.0 Å². The van der Waals surface area contributed by atoms with E-state index in [2.05, 4.69) is 22.4 Å². The quantitative estimate of drug-likeness (QED) is 0.792. The molecular weight excluding hydrogens is 295 g/mol. The van der Waals surface area contributed by atoms with E-state index < -0.39 is 11.8 Å². The Hall–Kier alpha value is -1.96. The van der Waals surface area contributed by atoms with E-state index in [4.69, 9.17) is 5.11 Å². The van der Waals surface area contributed by atoms with Crippen molar-refractivity contribution in [2.45, 2.75) is 37.0 Å². The third-order valence-corrected chi connectivity index (χ3v) is 3.89. The van der Waals surface area contributed by atoms with Gasteiger partial charge >= 0.3 is 5.97 Å². The van der Waals surface area contributed by atoms with Crippen LogP contribution in [0.1, 0.15) is 35.9 Å². The van der Waals surface area contributed by atoms with Gasteiger partial charge in [0.05, 0.1) is 11.3 Å². The topological polar surface area (TPSA) is 80.9 Å². The smallest absolute Gasteiger partial charge is 0.335 e. The molecule has 0 unspecified atom stereocenters. The Morgan fingerprint density at radius 1 is 1.48 bits per heavy atom. The number of hydrogen-bond acceptors (Lipinski definition) is 5. The minimum Gasteiger partial charge on any atom is -0.478 e. The molecule has 0 spiro atoms. The second-order valence-electron chi connectivity index (χ2n) is 4.41.